The van der Waals surface area contributed by atoms with Gasteiger partial charge in [-0.25, -0.2) is 9.97 Å². The van der Waals surface area contributed by atoms with Crippen LogP contribution in [0.15, 0.2) is 48.9 Å². The van der Waals surface area contributed by atoms with Crippen molar-refractivity contribution in [2.45, 2.75) is 20.8 Å². The molecule has 1 N–H and O–H groups in total. The summed E-state index contributed by atoms with van der Waals surface area (Å²) in [6.45, 7) is 6.36. The summed E-state index contributed by atoms with van der Waals surface area (Å²) >= 11 is 0. The number of benzene rings is 2. The Balaban J connectivity index is 1.93. The Labute approximate surface area is 134 Å². The number of anilines is 2. The monoisotopic (exact) mass is 302 g/mol. The van der Waals surface area contributed by atoms with Crippen molar-refractivity contribution >= 4 is 28.1 Å². The van der Waals surface area contributed by atoms with Crippen molar-refractivity contribution in [2.75, 3.05) is 5.32 Å². The average Bonchev–Trinajstić information content (AvgIpc) is 3.00. The Morgan fingerprint density at radius 1 is 0.957 bits per heavy atom. The summed E-state index contributed by atoms with van der Waals surface area (Å²) in [6.07, 6.45) is 3.68. The third kappa shape index (κ3) is 2.23. The average molecular weight is 302 g/mol. The van der Waals surface area contributed by atoms with Crippen LogP contribution in [0.25, 0.3) is 16.6 Å². The lowest BCUT2D eigenvalue weighted by Gasteiger charge is -2.15. The van der Waals surface area contributed by atoms with E-state index in [4.69, 9.17) is 4.98 Å². The number of aryl methyl sites for hydroxylation is 3. The molecule has 0 spiro atoms. The summed E-state index contributed by atoms with van der Waals surface area (Å²) in [5.74, 6) is 0.830. The van der Waals surface area contributed by atoms with E-state index in [1.54, 1.807) is 0 Å². The van der Waals surface area contributed by atoms with Gasteiger partial charge in [-0.15, -0.1) is 0 Å². The third-order valence-electron chi connectivity index (χ3n) is 4.18. The molecule has 0 saturated heterocycles. The Hall–Kier alpha value is -2.88. The molecule has 2 aromatic heterocycles. The number of aromatic nitrogens is 3. The van der Waals surface area contributed by atoms with E-state index in [-0.39, 0.29) is 0 Å². The zero-order valence-electron chi connectivity index (χ0n) is 13.5. The molecule has 114 valence electrons. The number of rotatable bonds is 2. The molecule has 0 atom stereocenters. The topological polar surface area (TPSA) is 42.2 Å². The lowest BCUT2D eigenvalue weighted by molar-refractivity contribution is 1.18. The summed E-state index contributed by atoms with van der Waals surface area (Å²) in [5.41, 5.74) is 7.80. The molecule has 0 radical (unpaired) electrons. The Kier molecular flexibility index (Phi) is 3.05. The molecule has 0 aliphatic rings. The quantitative estimate of drug-likeness (QED) is 0.590. The minimum atomic E-state index is 0.830. The molecule has 4 heteroatoms. The normalized spacial score (nSPS) is 11.3. The molecule has 0 aliphatic carbocycles. The van der Waals surface area contributed by atoms with Crippen molar-refractivity contribution in [2.24, 2.45) is 0 Å². The molecule has 4 nitrogen and oxygen atoms in total. The molecule has 23 heavy (non-hydrogen) atoms. The van der Waals surface area contributed by atoms with Crippen LogP contribution in [0.5, 0.6) is 0 Å². The van der Waals surface area contributed by atoms with Crippen LogP contribution in [0.3, 0.4) is 0 Å². The van der Waals surface area contributed by atoms with E-state index in [0.29, 0.717) is 0 Å². The van der Waals surface area contributed by atoms with Crippen LogP contribution in [0.4, 0.5) is 11.5 Å². The van der Waals surface area contributed by atoms with Gasteiger partial charge in [0.05, 0.1) is 23.6 Å². The van der Waals surface area contributed by atoms with E-state index >= 15 is 0 Å². The van der Waals surface area contributed by atoms with Gasteiger partial charge in [-0.2, -0.15) is 0 Å². The van der Waals surface area contributed by atoms with Crippen LogP contribution in [0.1, 0.15) is 16.7 Å². The molecule has 0 aliphatic heterocycles. The Bertz CT molecular complexity index is 1010. The van der Waals surface area contributed by atoms with Crippen LogP contribution < -0.4 is 5.32 Å². The van der Waals surface area contributed by atoms with Gasteiger partial charge >= 0.3 is 0 Å². The first-order chi connectivity index (χ1) is 11.1. The lowest BCUT2D eigenvalue weighted by Crippen LogP contribution is -2.02. The maximum atomic E-state index is 4.80. The first kappa shape index (κ1) is 13.8. The largest absolute Gasteiger partial charge is 0.338 e. The highest BCUT2D eigenvalue weighted by molar-refractivity contribution is 5.86. The summed E-state index contributed by atoms with van der Waals surface area (Å²) < 4.78 is 2.07. The predicted octanol–water partition coefficient (Wildman–Crippen LogP) is 4.55. The van der Waals surface area contributed by atoms with Crippen LogP contribution in [-0.2, 0) is 0 Å². The van der Waals surface area contributed by atoms with Crippen molar-refractivity contribution in [1.29, 1.82) is 0 Å². The minimum absolute atomic E-state index is 0.830. The van der Waals surface area contributed by atoms with Gasteiger partial charge in [0.25, 0.3) is 0 Å². The summed E-state index contributed by atoms with van der Waals surface area (Å²) in [7, 11) is 0. The number of nitrogens with zero attached hydrogens (tertiary/aromatic N) is 3. The summed E-state index contributed by atoms with van der Waals surface area (Å²) in [6, 6.07) is 12.5. The van der Waals surface area contributed by atoms with Crippen LogP contribution in [0, 0.1) is 20.8 Å². The fraction of sp³-hybridized carbons (Fsp3) is 0.158. The molecular weight excluding hydrogens is 284 g/mol. The van der Waals surface area contributed by atoms with E-state index in [1.807, 2.05) is 30.7 Å². The number of nitrogens with one attached hydrogen (secondary N) is 1. The van der Waals surface area contributed by atoms with Gasteiger partial charge in [0.2, 0.25) is 0 Å². The van der Waals surface area contributed by atoms with Crippen molar-refractivity contribution < 1.29 is 0 Å². The second-order valence-corrected chi connectivity index (χ2v) is 6.00. The Morgan fingerprint density at radius 3 is 2.48 bits per heavy atom. The molecule has 0 unspecified atom stereocenters. The van der Waals surface area contributed by atoms with Gasteiger partial charge < -0.3 is 5.32 Å². The van der Waals surface area contributed by atoms with Crippen molar-refractivity contribution in [1.82, 2.24) is 14.4 Å². The molecule has 0 amide bonds. The number of fused-ring (bicyclic) bond motifs is 3. The summed E-state index contributed by atoms with van der Waals surface area (Å²) in [4.78, 5) is 9.10. The fourth-order valence-electron chi connectivity index (χ4n) is 3.19. The van der Waals surface area contributed by atoms with E-state index in [9.17, 15) is 0 Å². The van der Waals surface area contributed by atoms with Crippen LogP contribution in [-0.4, -0.2) is 14.4 Å². The molecule has 0 bridgehead atoms. The SMILES string of the molecule is Cc1cc(C)c(Nc2nc3ccccc3n3cncc23)c(C)c1. The highest BCUT2D eigenvalue weighted by atomic mass is 15.1. The third-order valence-corrected chi connectivity index (χ3v) is 4.18. The number of hydrogen-bond donors (Lipinski definition) is 1. The highest BCUT2D eigenvalue weighted by Gasteiger charge is 2.11. The molecule has 4 rings (SSSR count). The predicted molar refractivity (Wildman–Crippen MR) is 94.4 cm³/mol. The molecular formula is C19H18N4. The summed E-state index contributed by atoms with van der Waals surface area (Å²) in [5, 5.41) is 3.52. The zero-order valence-corrected chi connectivity index (χ0v) is 13.5. The number of para-hydroxylation sites is 2. The fourth-order valence-corrected chi connectivity index (χ4v) is 3.19. The van der Waals surface area contributed by atoms with E-state index < -0.39 is 0 Å². The smallest absolute Gasteiger partial charge is 0.157 e. The van der Waals surface area contributed by atoms with Gasteiger partial charge in [0.1, 0.15) is 5.52 Å². The van der Waals surface area contributed by atoms with Gasteiger partial charge in [-0.1, -0.05) is 29.8 Å². The van der Waals surface area contributed by atoms with Crippen LogP contribution >= 0.6 is 0 Å². The van der Waals surface area contributed by atoms with Gasteiger partial charge in [0.15, 0.2) is 5.82 Å². The molecule has 2 aromatic carbocycles. The standard InChI is InChI=1S/C19H18N4/c1-12-8-13(2)18(14(3)9-12)22-19-17-10-20-11-23(17)16-7-5-4-6-15(16)21-19/h4-11H,1-3H3,(H,21,22). The minimum Gasteiger partial charge on any atom is -0.338 e. The van der Waals surface area contributed by atoms with Crippen LogP contribution in [0.2, 0.25) is 0 Å². The number of hydrogen-bond acceptors (Lipinski definition) is 3. The lowest BCUT2D eigenvalue weighted by atomic mass is 10.1. The second-order valence-electron chi connectivity index (χ2n) is 6.00. The van der Waals surface area contributed by atoms with E-state index in [1.165, 1.54) is 16.7 Å². The van der Waals surface area contributed by atoms with E-state index in [0.717, 1.165) is 28.1 Å². The molecule has 2 heterocycles. The highest BCUT2D eigenvalue weighted by Crippen LogP contribution is 2.28. The maximum absolute atomic E-state index is 4.80. The maximum Gasteiger partial charge on any atom is 0.157 e. The number of imidazole rings is 1. The van der Waals surface area contributed by atoms with Gasteiger partial charge in [0, 0.05) is 5.69 Å². The second kappa shape index (κ2) is 5.09. The first-order valence-electron chi connectivity index (χ1n) is 7.69. The van der Waals surface area contributed by atoms with Crippen molar-refractivity contribution in [3.05, 3.63) is 65.6 Å². The van der Waals surface area contributed by atoms with Gasteiger partial charge in [-0.3, -0.25) is 4.40 Å². The molecule has 4 aromatic rings. The molecule has 0 saturated carbocycles. The van der Waals surface area contributed by atoms with Crippen molar-refractivity contribution in [3.63, 3.8) is 0 Å². The molecule has 0 fully saturated rings. The van der Waals surface area contributed by atoms with E-state index in [2.05, 4.69) is 53.7 Å². The Morgan fingerprint density at radius 2 is 1.70 bits per heavy atom. The van der Waals surface area contributed by atoms with Crippen molar-refractivity contribution in [3.8, 4) is 0 Å². The first-order valence-corrected chi connectivity index (χ1v) is 7.69. The zero-order chi connectivity index (χ0) is 16.0. The van der Waals surface area contributed by atoms with Gasteiger partial charge in [-0.05, 0) is 44.0 Å².